The first-order chi connectivity index (χ1) is 16.9. The summed E-state index contributed by atoms with van der Waals surface area (Å²) in [5.74, 6) is 0. The van der Waals surface area contributed by atoms with E-state index >= 15 is 0 Å². The highest BCUT2D eigenvalue weighted by Gasteiger charge is 2.38. The van der Waals surface area contributed by atoms with Crippen LogP contribution in [0, 0.1) is 0 Å². The summed E-state index contributed by atoms with van der Waals surface area (Å²) in [4.78, 5) is 8.65. The fourth-order valence-corrected chi connectivity index (χ4v) is 5.93. The third-order valence-corrected chi connectivity index (χ3v) is 7.35. The lowest BCUT2D eigenvalue weighted by molar-refractivity contribution is -0.573. The van der Waals surface area contributed by atoms with E-state index in [1.165, 1.54) is 55.9 Å². The summed E-state index contributed by atoms with van der Waals surface area (Å²) >= 11 is 0. The van der Waals surface area contributed by atoms with Crippen molar-refractivity contribution in [3.63, 3.8) is 0 Å². The molecule has 0 N–H and O–H groups in total. The molecule has 0 spiro atoms. The summed E-state index contributed by atoms with van der Waals surface area (Å²) in [6.07, 6.45) is 11.8. The highest BCUT2D eigenvalue weighted by molar-refractivity contribution is 5.85. The number of nitrogens with zero attached hydrogens (tertiary/aromatic N) is 3. The van der Waals surface area contributed by atoms with Gasteiger partial charge in [-0.25, -0.2) is 0 Å². The molecule has 5 aromatic rings. The van der Waals surface area contributed by atoms with Crippen LogP contribution in [0.1, 0.15) is 22.3 Å². The van der Waals surface area contributed by atoms with Gasteiger partial charge in [-0.15, -0.1) is 0 Å². The third-order valence-electron chi connectivity index (χ3n) is 7.35. The Labute approximate surface area is 199 Å². The van der Waals surface area contributed by atoms with Crippen LogP contribution in [-0.4, -0.2) is 9.97 Å². The van der Waals surface area contributed by atoms with Crippen molar-refractivity contribution < 1.29 is 4.57 Å². The third kappa shape index (κ3) is 2.87. The lowest BCUT2D eigenvalue weighted by atomic mass is 9.77. The molecule has 3 nitrogen and oxygen atoms in total. The SMILES string of the molecule is c1ccc2c(c1)CCc1c(-c3ccncc3)c3c([n+](-c4ccncc4)c1-2)-c1ccccc1CC3. The quantitative estimate of drug-likeness (QED) is 0.319. The molecule has 7 rings (SSSR count). The Hall–Kier alpha value is -4.11. The normalized spacial score (nSPS) is 13.4. The van der Waals surface area contributed by atoms with Crippen LogP contribution in [0.5, 0.6) is 0 Å². The van der Waals surface area contributed by atoms with Crippen LogP contribution in [0.15, 0.2) is 97.6 Å². The number of rotatable bonds is 2. The van der Waals surface area contributed by atoms with E-state index in [-0.39, 0.29) is 0 Å². The summed E-state index contributed by atoms with van der Waals surface area (Å²) in [6.45, 7) is 0. The summed E-state index contributed by atoms with van der Waals surface area (Å²) in [5, 5.41) is 0. The van der Waals surface area contributed by atoms with Gasteiger partial charge in [0.25, 0.3) is 0 Å². The summed E-state index contributed by atoms with van der Waals surface area (Å²) < 4.78 is 2.52. The van der Waals surface area contributed by atoms with Gasteiger partial charge in [0.2, 0.25) is 17.1 Å². The molecule has 0 saturated heterocycles. The van der Waals surface area contributed by atoms with Crippen LogP contribution in [0.2, 0.25) is 0 Å². The minimum Gasteiger partial charge on any atom is -0.265 e. The number of aromatic nitrogens is 3. The average molecular weight is 439 g/mol. The van der Waals surface area contributed by atoms with Gasteiger partial charge >= 0.3 is 0 Å². The topological polar surface area (TPSA) is 29.7 Å². The first-order valence-corrected chi connectivity index (χ1v) is 12.0. The Morgan fingerprint density at radius 1 is 0.529 bits per heavy atom. The van der Waals surface area contributed by atoms with Crippen molar-refractivity contribution in [1.82, 2.24) is 9.97 Å². The Bertz CT molecular complexity index is 1460. The summed E-state index contributed by atoms with van der Waals surface area (Å²) in [6, 6.07) is 26.5. The highest BCUT2D eigenvalue weighted by atomic mass is 15.0. The van der Waals surface area contributed by atoms with Crippen LogP contribution < -0.4 is 4.57 Å². The van der Waals surface area contributed by atoms with Gasteiger partial charge in [0.15, 0.2) is 0 Å². The fraction of sp³-hybridized carbons (Fsp3) is 0.129. The molecular weight excluding hydrogens is 414 g/mol. The number of aryl methyl sites for hydroxylation is 2. The van der Waals surface area contributed by atoms with Crippen molar-refractivity contribution in [3.05, 3.63) is 120 Å². The Balaban J connectivity index is 1.71. The van der Waals surface area contributed by atoms with E-state index in [1.54, 1.807) is 0 Å². The lowest BCUT2D eigenvalue weighted by Gasteiger charge is -2.28. The van der Waals surface area contributed by atoms with Gasteiger partial charge < -0.3 is 0 Å². The van der Waals surface area contributed by atoms with Crippen molar-refractivity contribution in [2.24, 2.45) is 0 Å². The van der Waals surface area contributed by atoms with Crippen molar-refractivity contribution in [2.75, 3.05) is 0 Å². The van der Waals surface area contributed by atoms with E-state index < -0.39 is 0 Å². The molecule has 162 valence electrons. The molecule has 0 aliphatic heterocycles. The van der Waals surface area contributed by atoms with Crippen molar-refractivity contribution >= 4 is 0 Å². The van der Waals surface area contributed by atoms with Crippen molar-refractivity contribution in [3.8, 4) is 39.3 Å². The van der Waals surface area contributed by atoms with Gasteiger partial charge in [0.1, 0.15) is 0 Å². The minimum absolute atomic E-state index is 1.03. The molecule has 2 aliphatic rings. The van der Waals surface area contributed by atoms with Crippen molar-refractivity contribution in [1.29, 1.82) is 0 Å². The largest absolute Gasteiger partial charge is 0.265 e. The first kappa shape index (κ1) is 19.4. The zero-order valence-electron chi connectivity index (χ0n) is 18.9. The van der Waals surface area contributed by atoms with E-state index in [0.29, 0.717) is 0 Å². The van der Waals surface area contributed by atoms with E-state index in [1.807, 2.05) is 24.8 Å². The van der Waals surface area contributed by atoms with Crippen LogP contribution in [0.3, 0.4) is 0 Å². The van der Waals surface area contributed by atoms with Crippen molar-refractivity contribution in [2.45, 2.75) is 25.7 Å². The minimum atomic E-state index is 1.03. The predicted molar refractivity (Wildman–Crippen MR) is 135 cm³/mol. The number of hydrogen-bond donors (Lipinski definition) is 0. The molecule has 3 aromatic heterocycles. The number of pyridine rings is 3. The molecule has 0 saturated carbocycles. The molecule has 3 heterocycles. The summed E-state index contributed by atoms with van der Waals surface area (Å²) in [5.41, 5.74) is 14.9. The molecule has 0 fully saturated rings. The van der Waals surface area contributed by atoms with E-state index in [9.17, 15) is 0 Å². The Kier molecular flexibility index (Phi) is 4.41. The van der Waals surface area contributed by atoms with E-state index in [0.717, 1.165) is 31.4 Å². The van der Waals surface area contributed by atoms with Gasteiger partial charge in [-0.2, -0.15) is 4.57 Å². The standard InChI is InChI=1S/C31H24N3/c1-3-7-25-21(5-1)9-11-27-29(23-13-17-32-18-14-23)28-12-10-22-6-2-4-8-26(22)31(28)34(30(25)27)24-15-19-33-20-16-24/h1-8,13-20H,9-12H2/q+1. The molecule has 34 heavy (non-hydrogen) atoms. The average Bonchev–Trinajstić information content (AvgIpc) is 2.92. The molecule has 0 atom stereocenters. The molecule has 2 aromatic carbocycles. The first-order valence-electron chi connectivity index (χ1n) is 12.0. The Morgan fingerprint density at radius 3 is 1.59 bits per heavy atom. The van der Waals surface area contributed by atoms with Crippen LogP contribution in [-0.2, 0) is 25.7 Å². The van der Waals surface area contributed by atoms with Crippen LogP contribution in [0.25, 0.3) is 39.3 Å². The van der Waals surface area contributed by atoms with Crippen LogP contribution in [0.4, 0.5) is 0 Å². The zero-order valence-corrected chi connectivity index (χ0v) is 18.9. The van der Waals surface area contributed by atoms with Gasteiger partial charge in [-0.3, -0.25) is 9.97 Å². The van der Waals surface area contributed by atoms with E-state index in [4.69, 9.17) is 0 Å². The Morgan fingerprint density at radius 2 is 1.03 bits per heavy atom. The fourth-order valence-electron chi connectivity index (χ4n) is 5.93. The smallest absolute Gasteiger partial charge is 0.223 e. The second-order valence-corrected chi connectivity index (χ2v) is 9.12. The van der Waals surface area contributed by atoms with Gasteiger partial charge in [0, 0.05) is 53.6 Å². The molecule has 2 aliphatic carbocycles. The molecular formula is C31H24N3+. The maximum atomic E-state index is 4.33. The second-order valence-electron chi connectivity index (χ2n) is 9.12. The number of hydrogen-bond acceptors (Lipinski definition) is 2. The lowest BCUT2D eigenvalue weighted by Crippen LogP contribution is -2.41. The maximum absolute atomic E-state index is 4.33. The zero-order chi connectivity index (χ0) is 22.5. The molecule has 3 heteroatoms. The van der Waals surface area contributed by atoms with Gasteiger partial charge in [-0.05, 0) is 66.6 Å². The molecule has 0 amide bonds. The predicted octanol–water partition coefficient (Wildman–Crippen LogP) is 5.95. The number of benzene rings is 2. The molecule has 0 radical (unpaired) electrons. The molecule has 0 unspecified atom stereocenters. The molecule has 0 bridgehead atoms. The summed E-state index contributed by atoms with van der Waals surface area (Å²) in [7, 11) is 0. The van der Waals surface area contributed by atoms with Gasteiger partial charge in [0.05, 0.1) is 11.1 Å². The van der Waals surface area contributed by atoms with Gasteiger partial charge in [-0.1, -0.05) is 36.4 Å². The number of fused-ring (bicyclic) bond motifs is 6. The van der Waals surface area contributed by atoms with Crippen LogP contribution >= 0.6 is 0 Å². The maximum Gasteiger partial charge on any atom is 0.223 e. The highest BCUT2D eigenvalue weighted by Crippen LogP contribution is 2.45. The second kappa shape index (κ2) is 7.74. The van der Waals surface area contributed by atoms with E-state index in [2.05, 4.69) is 87.3 Å². The monoisotopic (exact) mass is 438 g/mol.